The summed E-state index contributed by atoms with van der Waals surface area (Å²) in [5.41, 5.74) is 3.16. The Balaban J connectivity index is 1.94. The largest absolute Gasteiger partial charge is 0.481 e. The van der Waals surface area contributed by atoms with Gasteiger partial charge in [-0.2, -0.15) is 0 Å². The van der Waals surface area contributed by atoms with Crippen LogP contribution in [0.5, 0.6) is 5.75 Å². The second-order valence-corrected chi connectivity index (χ2v) is 5.11. The number of hydrogen-bond acceptors (Lipinski definition) is 5. The molecule has 0 radical (unpaired) electrons. The van der Waals surface area contributed by atoms with Gasteiger partial charge in [0.1, 0.15) is 11.5 Å². The molecular formula is C17H21NO4. The molecule has 22 heavy (non-hydrogen) atoms. The number of carbonyl (C=O) groups excluding carboxylic acids is 1. The van der Waals surface area contributed by atoms with Crippen LogP contribution in [0, 0.1) is 13.8 Å². The fourth-order valence-corrected chi connectivity index (χ4v) is 2.30. The highest BCUT2D eigenvalue weighted by Crippen LogP contribution is 2.25. The Bertz CT molecular complexity index is 597. The van der Waals surface area contributed by atoms with Crippen LogP contribution in [0.1, 0.15) is 22.5 Å². The lowest BCUT2D eigenvalue weighted by molar-refractivity contribution is -0.142. The van der Waals surface area contributed by atoms with Crippen molar-refractivity contribution in [3.63, 3.8) is 0 Å². The molecule has 1 aromatic heterocycles. The standard InChI is InChI=1S/C17H21NO4/c1-12-7-14(9-18-10-15-5-4-6-21-15)8-13(2)17(12)22-11-16(19)20-3/h4-8,18H,9-11H2,1-3H3. The summed E-state index contributed by atoms with van der Waals surface area (Å²) < 4.78 is 15.4. The molecule has 0 unspecified atom stereocenters. The Morgan fingerprint density at radius 2 is 1.95 bits per heavy atom. The number of furan rings is 1. The van der Waals surface area contributed by atoms with Crippen LogP contribution in [0.25, 0.3) is 0 Å². The van der Waals surface area contributed by atoms with Crippen LogP contribution < -0.4 is 10.1 Å². The highest BCUT2D eigenvalue weighted by atomic mass is 16.6. The number of nitrogens with one attached hydrogen (secondary N) is 1. The minimum absolute atomic E-state index is 0.0751. The monoisotopic (exact) mass is 303 g/mol. The molecule has 5 heteroatoms. The number of methoxy groups -OCH3 is 1. The maximum Gasteiger partial charge on any atom is 0.343 e. The summed E-state index contributed by atoms with van der Waals surface area (Å²) in [5.74, 6) is 1.26. The third-order valence-electron chi connectivity index (χ3n) is 3.29. The van der Waals surface area contributed by atoms with E-state index in [1.807, 2.05) is 26.0 Å². The van der Waals surface area contributed by atoms with Crippen molar-refractivity contribution in [3.8, 4) is 5.75 Å². The zero-order chi connectivity index (χ0) is 15.9. The Labute approximate surface area is 130 Å². The second kappa shape index (κ2) is 7.66. The first-order valence-corrected chi connectivity index (χ1v) is 7.13. The van der Waals surface area contributed by atoms with E-state index in [1.54, 1.807) is 6.26 Å². The molecular weight excluding hydrogens is 282 g/mol. The van der Waals surface area contributed by atoms with Gasteiger partial charge in [-0.25, -0.2) is 4.79 Å². The first-order chi connectivity index (χ1) is 10.6. The molecule has 0 aliphatic carbocycles. The predicted molar refractivity (Wildman–Crippen MR) is 82.7 cm³/mol. The van der Waals surface area contributed by atoms with Crippen molar-refractivity contribution in [1.29, 1.82) is 0 Å². The SMILES string of the molecule is COC(=O)COc1c(C)cc(CNCc2ccco2)cc1C. The van der Waals surface area contributed by atoms with E-state index in [9.17, 15) is 4.79 Å². The maximum absolute atomic E-state index is 11.2. The Hall–Kier alpha value is -2.27. The van der Waals surface area contributed by atoms with Crippen LogP contribution in [0.15, 0.2) is 34.9 Å². The first kappa shape index (κ1) is 16.1. The van der Waals surface area contributed by atoms with Crippen LogP contribution in [-0.4, -0.2) is 19.7 Å². The van der Waals surface area contributed by atoms with Gasteiger partial charge in [0.15, 0.2) is 6.61 Å². The quantitative estimate of drug-likeness (QED) is 0.797. The fourth-order valence-electron chi connectivity index (χ4n) is 2.30. The third-order valence-corrected chi connectivity index (χ3v) is 3.29. The summed E-state index contributed by atoms with van der Waals surface area (Å²) in [7, 11) is 1.35. The summed E-state index contributed by atoms with van der Waals surface area (Å²) >= 11 is 0. The van der Waals surface area contributed by atoms with Gasteiger partial charge in [0, 0.05) is 6.54 Å². The first-order valence-electron chi connectivity index (χ1n) is 7.13. The van der Waals surface area contributed by atoms with Crippen molar-refractivity contribution in [2.24, 2.45) is 0 Å². The topological polar surface area (TPSA) is 60.7 Å². The summed E-state index contributed by atoms with van der Waals surface area (Å²) in [6.07, 6.45) is 1.67. The van der Waals surface area contributed by atoms with Gasteiger partial charge in [-0.05, 0) is 42.7 Å². The van der Waals surface area contributed by atoms with Crippen LogP contribution in [0.4, 0.5) is 0 Å². The number of rotatable bonds is 7. The van der Waals surface area contributed by atoms with Gasteiger partial charge < -0.3 is 19.2 Å². The predicted octanol–water partition coefficient (Wildman–Crippen LogP) is 2.74. The molecule has 0 saturated carbocycles. The highest BCUT2D eigenvalue weighted by Gasteiger charge is 2.09. The number of esters is 1. The molecule has 1 N–H and O–H groups in total. The van der Waals surface area contributed by atoms with Gasteiger partial charge in [-0.3, -0.25) is 0 Å². The van der Waals surface area contributed by atoms with Crippen molar-refractivity contribution in [2.45, 2.75) is 26.9 Å². The zero-order valence-corrected chi connectivity index (χ0v) is 13.1. The van der Waals surface area contributed by atoms with E-state index in [4.69, 9.17) is 9.15 Å². The summed E-state index contributed by atoms with van der Waals surface area (Å²) in [6.45, 7) is 5.28. The maximum atomic E-state index is 11.2. The van der Waals surface area contributed by atoms with E-state index in [0.717, 1.165) is 34.7 Å². The Morgan fingerprint density at radius 3 is 2.55 bits per heavy atom. The highest BCUT2D eigenvalue weighted by molar-refractivity contribution is 5.71. The smallest absolute Gasteiger partial charge is 0.343 e. The van der Waals surface area contributed by atoms with E-state index >= 15 is 0 Å². The zero-order valence-electron chi connectivity index (χ0n) is 13.1. The number of carbonyl (C=O) groups is 1. The van der Waals surface area contributed by atoms with E-state index < -0.39 is 0 Å². The van der Waals surface area contributed by atoms with E-state index in [2.05, 4.69) is 22.2 Å². The number of aryl methyl sites for hydroxylation is 2. The average Bonchev–Trinajstić information content (AvgIpc) is 2.99. The van der Waals surface area contributed by atoms with Crippen molar-refractivity contribution < 1.29 is 18.7 Å². The molecule has 118 valence electrons. The molecule has 0 aliphatic rings. The summed E-state index contributed by atoms with van der Waals surface area (Å²) in [4.78, 5) is 11.2. The molecule has 1 aromatic carbocycles. The van der Waals surface area contributed by atoms with Crippen molar-refractivity contribution >= 4 is 5.97 Å². The van der Waals surface area contributed by atoms with Gasteiger partial charge in [0.05, 0.1) is 19.9 Å². The van der Waals surface area contributed by atoms with Crippen molar-refractivity contribution in [2.75, 3.05) is 13.7 Å². The van der Waals surface area contributed by atoms with Gasteiger partial charge >= 0.3 is 5.97 Å². The van der Waals surface area contributed by atoms with E-state index in [-0.39, 0.29) is 12.6 Å². The van der Waals surface area contributed by atoms with Gasteiger partial charge in [0.25, 0.3) is 0 Å². The third kappa shape index (κ3) is 4.36. The minimum atomic E-state index is -0.386. The van der Waals surface area contributed by atoms with E-state index in [0.29, 0.717) is 6.54 Å². The summed E-state index contributed by atoms with van der Waals surface area (Å²) in [5, 5.41) is 3.33. The molecule has 0 atom stereocenters. The Morgan fingerprint density at radius 1 is 1.23 bits per heavy atom. The fraction of sp³-hybridized carbons (Fsp3) is 0.353. The lowest BCUT2D eigenvalue weighted by Gasteiger charge is -2.13. The van der Waals surface area contributed by atoms with Crippen LogP contribution in [0.2, 0.25) is 0 Å². The molecule has 2 aromatic rings. The Kier molecular flexibility index (Phi) is 5.61. The summed E-state index contributed by atoms with van der Waals surface area (Å²) in [6, 6.07) is 7.91. The second-order valence-electron chi connectivity index (χ2n) is 5.11. The molecule has 0 fully saturated rings. The molecule has 0 saturated heterocycles. The van der Waals surface area contributed by atoms with E-state index in [1.165, 1.54) is 7.11 Å². The molecule has 0 aliphatic heterocycles. The molecule has 2 rings (SSSR count). The average molecular weight is 303 g/mol. The molecule has 0 amide bonds. The van der Waals surface area contributed by atoms with Crippen LogP contribution >= 0.6 is 0 Å². The lowest BCUT2D eigenvalue weighted by atomic mass is 10.1. The van der Waals surface area contributed by atoms with Crippen molar-refractivity contribution in [1.82, 2.24) is 5.32 Å². The van der Waals surface area contributed by atoms with Gasteiger partial charge in [-0.15, -0.1) is 0 Å². The van der Waals surface area contributed by atoms with Crippen LogP contribution in [0.3, 0.4) is 0 Å². The lowest BCUT2D eigenvalue weighted by Crippen LogP contribution is -2.15. The minimum Gasteiger partial charge on any atom is -0.481 e. The number of ether oxygens (including phenoxy) is 2. The molecule has 1 heterocycles. The molecule has 5 nitrogen and oxygen atoms in total. The van der Waals surface area contributed by atoms with Crippen LogP contribution in [-0.2, 0) is 22.6 Å². The normalized spacial score (nSPS) is 10.5. The molecule has 0 spiro atoms. The van der Waals surface area contributed by atoms with Crippen molar-refractivity contribution in [3.05, 3.63) is 53.0 Å². The van der Waals surface area contributed by atoms with Gasteiger partial charge in [-0.1, -0.05) is 12.1 Å². The number of hydrogen-bond donors (Lipinski definition) is 1. The van der Waals surface area contributed by atoms with Gasteiger partial charge in [0.2, 0.25) is 0 Å². The molecule has 0 bridgehead atoms. The number of benzene rings is 1.